The van der Waals surface area contributed by atoms with Gasteiger partial charge in [-0.2, -0.15) is 0 Å². The van der Waals surface area contributed by atoms with Crippen molar-refractivity contribution in [3.05, 3.63) is 48.0 Å². The van der Waals surface area contributed by atoms with Gasteiger partial charge in [-0.25, -0.2) is 4.98 Å². The molecular formula is C12H15N3O. The second-order valence-electron chi connectivity index (χ2n) is 3.77. The fourth-order valence-corrected chi connectivity index (χ4v) is 1.70. The van der Waals surface area contributed by atoms with E-state index in [0.29, 0.717) is 12.2 Å². The van der Waals surface area contributed by atoms with Crippen LogP contribution in [0.15, 0.2) is 36.7 Å². The van der Waals surface area contributed by atoms with Crippen molar-refractivity contribution in [1.82, 2.24) is 9.55 Å². The first kappa shape index (κ1) is 10.7. The van der Waals surface area contributed by atoms with Crippen molar-refractivity contribution in [1.29, 1.82) is 0 Å². The number of anilines is 1. The topological polar surface area (TPSA) is 64.1 Å². The average molecular weight is 217 g/mol. The van der Waals surface area contributed by atoms with Gasteiger partial charge in [0.2, 0.25) is 0 Å². The smallest absolute Gasteiger partial charge is 0.105 e. The normalized spacial score (nSPS) is 12.6. The molecule has 0 aliphatic carbocycles. The summed E-state index contributed by atoms with van der Waals surface area (Å²) in [5.74, 6) is 0.883. The number of benzene rings is 1. The van der Waals surface area contributed by atoms with Gasteiger partial charge in [0.25, 0.3) is 0 Å². The largest absolute Gasteiger partial charge is 0.398 e. The standard InChI is InChI=1S/C12H15N3O/c1-9-14-6-7-15(9)8-12(16)10-4-2-3-5-11(10)13/h2-7,12,16H,8,13H2,1H3. The number of aromatic nitrogens is 2. The predicted molar refractivity (Wildman–Crippen MR) is 62.8 cm³/mol. The molecule has 2 aromatic rings. The summed E-state index contributed by atoms with van der Waals surface area (Å²) in [4.78, 5) is 4.11. The first-order valence-electron chi connectivity index (χ1n) is 5.18. The van der Waals surface area contributed by atoms with Gasteiger partial charge in [0.15, 0.2) is 0 Å². The summed E-state index contributed by atoms with van der Waals surface area (Å²) >= 11 is 0. The summed E-state index contributed by atoms with van der Waals surface area (Å²) in [7, 11) is 0. The van der Waals surface area contributed by atoms with E-state index in [1.165, 1.54) is 0 Å². The molecule has 0 saturated heterocycles. The molecule has 0 bridgehead atoms. The van der Waals surface area contributed by atoms with Crippen LogP contribution in [0.1, 0.15) is 17.5 Å². The molecule has 0 aliphatic rings. The zero-order chi connectivity index (χ0) is 11.5. The molecule has 1 atom stereocenters. The van der Waals surface area contributed by atoms with E-state index in [1.807, 2.05) is 35.9 Å². The van der Waals surface area contributed by atoms with Gasteiger partial charge in [-0.15, -0.1) is 0 Å². The number of nitrogens with two attached hydrogens (primary N) is 1. The third-order valence-electron chi connectivity index (χ3n) is 2.65. The van der Waals surface area contributed by atoms with E-state index in [1.54, 1.807) is 12.3 Å². The molecule has 4 nitrogen and oxygen atoms in total. The average Bonchev–Trinajstić information content (AvgIpc) is 2.65. The maximum atomic E-state index is 10.1. The monoisotopic (exact) mass is 217 g/mol. The van der Waals surface area contributed by atoms with Crippen molar-refractivity contribution in [3.63, 3.8) is 0 Å². The van der Waals surface area contributed by atoms with Crippen LogP contribution in [-0.2, 0) is 6.54 Å². The molecule has 0 spiro atoms. The van der Waals surface area contributed by atoms with Crippen LogP contribution in [-0.4, -0.2) is 14.7 Å². The second kappa shape index (κ2) is 4.37. The quantitative estimate of drug-likeness (QED) is 0.766. The van der Waals surface area contributed by atoms with Gasteiger partial charge < -0.3 is 15.4 Å². The highest BCUT2D eigenvalue weighted by Crippen LogP contribution is 2.21. The Balaban J connectivity index is 2.18. The Kier molecular flexibility index (Phi) is 2.92. The van der Waals surface area contributed by atoms with Crippen molar-refractivity contribution in [3.8, 4) is 0 Å². The highest BCUT2D eigenvalue weighted by molar-refractivity contribution is 5.47. The van der Waals surface area contributed by atoms with Crippen LogP contribution in [0.25, 0.3) is 0 Å². The van der Waals surface area contributed by atoms with Crippen molar-refractivity contribution in [2.45, 2.75) is 19.6 Å². The zero-order valence-corrected chi connectivity index (χ0v) is 9.17. The van der Waals surface area contributed by atoms with Gasteiger partial charge in [0, 0.05) is 23.6 Å². The molecule has 0 amide bonds. The molecule has 0 fully saturated rings. The minimum absolute atomic E-state index is 0.472. The summed E-state index contributed by atoms with van der Waals surface area (Å²) in [5, 5.41) is 10.1. The molecule has 16 heavy (non-hydrogen) atoms. The van der Waals surface area contributed by atoms with Gasteiger partial charge in [0.05, 0.1) is 12.6 Å². The summed E-state index contributed by atoms with van der Waals surface area (Å²) in [5.41, 5.74) is 7.18. The minimum Gasteiger partial charge on any atom is -0.398 e. The highest BCUT2D eigenvalue weighted by Gasteiger charge is 2.11. The third-order valence-corrected chi connectivity index (χ3v) is 2.65. The third kappa shape index (κ3) is 2.06. The number of aliphatic hydroxyl groups is 1. The van der Waals surface area contributed by atoms with E-state index < -0.39 is 6.10 Å². The van der Waals surface area contributed by atoms with Crippen LogP contribution in [0.5, 0.6) is 0 Å². The lowest BCUT2D eigenvalue weighted by Crippen LogP contribution is -2.11. The molecule has 2 rings (SSSR count). The molecule has 1 heterocycles. The maximum Gasteiger partial charge on any atom is 0.105 e. The lowest BCUT2D eigenvalue weighted by molar-refractivity contribution is 0.156. The molecule has 0 radical (unpaired) electrons. The lowest BCUT2D eigenvalue weighted by Gasteiger charge is -2.14. The molecule has 1 aromatic heterocycles. The molecule has 1 unspecified atom stereocenters. The van der Waals surface area contributed by atoms with Crippen LogP contribution in [0.3, 0.4) is 0 Å². The number of nitrogen functional groups attached to an aromatic ring is 1. The number of imidazole rings is 1. The first-order chi connectivity index (χ1) is 7.68. The second-order valence-corrected chi connectivity index (χ2v) is 3.77. The van der Waals surface area contributed by atoms with E-state index in [0.717, 1.165) is 11.4 Å². The number of rotatable bonds is 3. The number of hydrogen-bond acceptors (Lipinski definition) is 3. The predicted octanol–water partition coefficient (Wildman–Crippen LogP) is 1.51. The highest BCUT2D eigenvalue weighted by atomic mass is 16.3. The Morgan fingerprint density at radius 1 is 1.44 bits per heavy atom. The van der Waals surface area contributed by atoms with Gasteiger partial charge in [0.1, 0.15) is 5.82 Å². The van der Waals surface area contributed by atoms with E-state index in [4.69, 9.17) is 5.73 Å². The summed E-state index contributed by atoms with van der Waals surface area (Å²) < 4.78 is 1.90. The van der Waals surface area contributed by atoms with Gasteiger partial charge in [-0.3, -0.25) is 0 Å². The lowest BCUT2D eigenvalue weighted by atomic mass is 10.1. The van der Waals surface area contributed by atoms with Crippen LogP contribution in [0, 0.1) is 6.92 Å². The van der Waals surface area contributed by atoms with E-state index in [-0.39, 0.29) is 0 Å². The Morgan fingerprint density at radius 2 is 2.19 bits per heavy atom. The fourth-order valence-electron chi connectivity index (χ4n) is 1.70. The Hall–Kier alpha value is -1.81. The number of aryl methyl sites for hydroxylation is 1. The SMILES string of the molecule is Cc1nccn1CC(O)c1ccccc1N. The molecular weight excluding hydrogens is 202 g/mol. The minimum atomic E-state index is -0.603. The van der Waals surface area contributed by atoms with Crippen LogP contribution >= 0.6 is 0 Å². The first-order valence-corrected chi connectivity index (χ1v) is 5.18. The van der Waals surface area contributed by atoms with Crippen molar-refractivity contribution in [2.75, 3.05) is 5.73 Å². The fraction of sp³-hybridized carbons (Fsp3) is 0.250. The number of nitrogens with zero attached hydrogens (tertiary/aromatic N) is 2. The molecule has 1 aromatic carbocycles. The van der Waals surface area contributed by atoms with Crippen LogP contribution in [0.2, 0.25) is 0 Å². The van der Waals surface area contributed by atoms with Gasteiger partial charge in [-0.1, -0.05) is 18.2 Å². The number of hydrogen-bond donors (Lipinski definition) is 2. The number of aliphatic hydroxyl groups excluding tert-OH is 1. The summed E-state index contributed by atoms with van der Waals surface area (Å²) in [6.07, 6.45) is 2.96. The van der Waals surface area contributed by atoms with Crippen molar-refractivity contribution >= 4 is 5.69 Å². The van der Waals surface area contributed by atoms with Gasteiger partial charge >= 0.3 is 0 Å². The molecule has 3 N–H and O–H groups in total. The van der Waals surface area contributed by atoms with Gasteiger partial charge in [-0.05, 0) is 13.0 Å². The zero-order valence-electron chi connectivity index (χ0n) is 9.17. The Bertz CT molecular complexity index is 479. The van der Waals surface area contributed by atoms with Crippen LogP contribution in [0.4, 0.5) is 5.69 Å². The Morgan fingerprint density at radius 3 is 2.81 bits per heavy atom. The molecule has 0 aliphatic heterocycles. The maximum absolute atomic E-state index is 10.1. The van der Waals surface area contributed by atoms with E-state index in [2.05, 4.69) is 4.98 Å². The molecule has 4 heteroatoms. The van der Waals surface area contributed by atoms with Crippen molar-refractivity contribution in [2.24, 2.45) is 0 Å². The summed E-state index contributed by atoms with van der Waals surface area (Å²) in [6.45, 7) is 2.38. The molecule has 84 valence electrons. The summed E-state index contributed by atoms with van der Waals surface area (Å²) in [6, 6.07) is 7.36. The van der Waals surface area contributed by atoms with E-state index in [9.17, 15) is 5.11 Å². The Labute approximate surface area is 94.4 Å². The van der Waals surface area contributed by atoms with Crippen molar-refractivity contribution < 1.29 is 5.11 Å². The molecule has 0 saturated carbocycles. The van der Waals surface area contributed by atoms with Crippen LogP contribution < -0.4 is 5.73 Å². The number of para-hydroxylation sites is 1. The van der Waals surface area contributed by atoms with E-state index >= 15 is 0 Å².